The molecule has 2 aromatic rings. The van der Waals surface area contributed by atoms with Crippen molar-refractivity contribution in [2.75, 3.05) is 13.1 Å². The van der Waals surface area contributed by atoms with Crippen molar-refractivity contribution >= 4 is 17.5 Å². The predicted octanol–water partition coefficient (Wildman–Crippen LogP) is 2.41. The number of amides is 1. The molecule has 1 unspecified atom stereocenters. The molecule has 1 aliphatic heterocycles. The van der Waals surface area contributed by atoms with Crippen LogP contribution in [0.4, 0.5) is 4.39 Å². The van der Waals surface area contributed by atoms with E-state index in [1.807, 2.05) is 0 Å². The molecular formula is C19H16FNO4. The molecule has 1 amide bonds. The van der Waals surface area contributed by atoms with Gasteiger partial charge in [-0.2, -0.15) is 0 Å². The lowest BCUT2D eigenvalue weighted by Crippen LogP contribution is -2.27. The summed E-state index contributed by atoms with van der Waals surface area (Å²) in [6.45, 7) is 3.79. The highest BCUT2D eigenvalue weighted by Crippen LogP contribution is 2.22. The number of ketones is 2. The second-order valence-corrected chi connectivity index (χ2v) is 5.85. The first-order chi connectivity index (χ1) is 12.0. The lowest BCUT2D eigenvalue weighted by molar-refractivity contribution is -0.140. The molecule has 1 aromatic heterocycles. The molecule has 0 saturated carbocycles. The fraction of sp³-hybridized carbons (Fsp3) is 0.211. The summed E-state index contributed by atoms with van der Waals surface area (Å²) in [5.74, 6) is -2.70. The number of hydrogen-bond donors (Lipinski definition) is 0. The molecule has 0 spiro atoms. The van der Waals surface area contributed by atoms with Gasteiger partial charge in [-0.25, -0.2) is 4.39 Å². The van der Waals surface area contributed by atoms with E-state index < -0.39 is 23.4 Å². The minimum absolute atomic E-state index is 0.0382. The summed E-state index contributed by atoms with van der Waals surface area (Å²) in [5, 5.41) is 0. The van der Waals surface area contributed by atoms with Crippen LogP contribution in [0.1, 0.15) is 21.9 Å². The molecule has 1 saturated heterocycles. The van der Waals surface area contributed by atoms with Gasteiger partial charge in [0.1, 0.15) is 17.5 Å². The third-order valence-corrected chi connectivity index (χ3v) is 4.08. The highest BCUT2D eigenvalue weighted by atomic mass is 19.1. The van der Waals surface area contributed by atoms with Crippen LogP contribution in [0.25, 0.3) is 0 Å². The van der Waals surface area contributed by atoms with E-state index in [0.29, 0.717) is 12.2 Å². The van der Waals surface area contributed by atoms with Crippen molar-refractivity contribution in [2.24, 2.45) is 5.92 Å². The van der Waals surface area contributed by atoms with Crippen LogP contribution in [-0.4, -0.2) is 35.5 Å². The SMILES string of the molecule is C=CCN1CC(C(=O)c2ccc(Cc3ccc(F)cc3)o2)C(=O)C1=O. The second kappa shape index (κ2) is 6.84. The number of furan rings is 1. The molecule has 0 radical (unpaired) electrons. The average molecular weight is 341 g/mol. The van der Waals surface area contributed by atoms with Crippen molar-refractivity contribution in [2.45, 2.75) is 6.42 Å². The minimum atomic E-state index is -1.04. The highest BCUT2D eigenvalue weighted by molar-refractivity contribution is 6.43. The maximum Gasteiger partial charge on any atom is 0.291 e. The normalized spacial score (nSPS) is 17.2. The van der Waals surface area contributed by atoms with E-state index in [-0.39, 0.29) is 24.7 Å². The fourth-order valence-corrected chi connectivity index (χ4v) is 2.79. The third-order valence-electron chi connectivity index (χ3n) is 4.08. The van der Waals surface area contributed by atoms with Gasteiger partial charge in [-0.05, 0) is 29.8 Å². The van der Waals surface area contributed by atoms with Gasteiger partial charge in [0.15, 0.2) is 5.76 Å². The molecule has 6 heteroatoms. The van der Waals surface area contributed by atoms with Crippen molar-refractivity contribution < 1.29 is 23.2 Å². The maximum absolute atomic E-state index is 12.9. The molecule has 1 aliphatic rings. The molecular weight excluding hydrogens is 325 g/mol. The average Bonchev–Trinajstić information content (AvgIpc) is 3.17. The zero-order chi connectivity index (χ0) is 18.0. The highest BCUT2D eigenvalue weighted by Gasteiger charge is 2.43. The van der Waals surface area contributed by atoms with Crippen molar-refractivity contribution in [3.8, 4) is 0 Å². The molecule has 5 nitrogen and oxygen atoms in total. The summed E-state index contributed by atoms with van der Waals surface area (Å²) in [6.07, 6.45) is 1.90. The standard InChI is InChI=1S/C19H16FNO4/c1-2-9-21-11-15(18(23)19(21)24)17(22)16-8-7-14(25-16)10-12-3-5-13(20)6-4-12/h2-8,15H,1,9-11H2. The topological polar surface area (TPSA) is 67.6 Å². The van der Waals surface area contributed by atoms with Crippen LogP contribution in [0, 0.1) is 11.7 Å². The van der Waals surface area contributed by atoms with E-state index in [1.54, 1.807) is 18.2 Å². The number of Topliss-reactive ketones (excluding diaryl/α,β-unsaturated/α-hetero) is 2. The quantitative estimate of drug-likeness (QED) is 0.350. The predicted molar refractivity (Wildman–Crippen MR) is 87.5 cm³/mol. The molecule has 0 aliphatic carbocycles. The second-order valence-electron chi connectivity index (χ2n) is 5.85. The number of likely N-dealkylation sites (tertiary alicyclic amines) is 1. The van der Waals surface area contributed by atoms with Gasteiger partial charge in [-0.1, -0.05) is 18.2 Å². The van der Waals surface area contributed by atoms with Crippen LogP contribution < -0.4 is 0 Å². The Morgan fingerprint density at radius 1 is 1.24 bits per heavy atom. The number of hydrogen-bond acceptors (Lipinski definition) is 4. The Bertz CT molecular complexity index is 837. The molecule has 0 bridgehead atoms. The molecule has 1 atom stereocenters. The first-order valence-corrected chi connectivity index (χ1v) is 7.81. The van der Waals surface area contributed by atoms with E-state index in [1.165, 1.54) is 29.2 Å². The Morgan fingerprint density at radius 2 is 1.96 bits per heavy atom. The Morgan fingerprint density at radius 3 is 2.64 bits per heavy atom. The van der Waals surface area contributed by atoms with Gasteiger partial charge in [0.25, 0.3) is 5.91 Å². The summed E-state index contributed by atoms with van der Waals surface area (Å²) in [6, 6.07) is 9.09. The molecule has 3 rings (SSSR count). The van der Waals surface area contributed by atoms with Crippen molar-refractivity contribution in [1.29, 1.82) is 0 Å². The molecule has 1 aromatic carbocycles. The molecule has 25 heavy (non-hydrogen) atoms. The number of nitrogens with zero attached hydrogens (tertiary/aromatic N) is 1. The Labute approximate surface area is 143 Å². The van der Waals surface area contributed by atoms with E-state index in [2.05, 4.69) is 6.58 Å². The summed E-state index contributed by atoms with van der Waals surface area (Å²) in [7, 11) is 0. The Hall–Kier alpha value is -3.02. The van der Waals surface area contributed by atoms with Gasteiger partial charge in [0.05, 0.1) is 0 Å². The van der Waals surface area contributed by atoms with Crippen molar-refractivity contribution in [3.63, 3.8) is 0 Å². The maximum atomic E-state index is 12.9. The third kappa shape index (κ3) is 3.42. The largest absolute Gasteiger partial charge is 0.458 e. The van der Waals surface area contributed by atoms with Gasteiger partial charge < -0.3 is 9.32 Å². The van der Waals surface area contributed by atoms with E-state index in [9.17, 15) is 18.8 Å². The Balaban J connectivity index is 1.72. The van der Waals surface area contributed by atoms with Crippen molar-refractivity contribution in [3.05, 3.63) is 72.0 Å². The molecule has 2 heterocycles. The Kier molecular flexibility index (Phi) is 4.61. The van der Waals surface area contributed by atoms with Gasteiger partial charge in [-0.3, -0.25) is 14.4 Å². The van der Waals surface area contributed by atoms with Crippen LogP contribution in [0.15, 0.2) is 53.5 Å². The van der Waals surface area contributed by atoms with Gasteiger partial charge in [0.2, 0.25) is 11.6 Å². The first kappa shape index (κ1) is 16.8. The number of carbonyl (C=O) groups is 3. The van der Waals surface area contributed by atoms with Crippen LogP contribution in [-0.2, 0) is 16.0 Å². The van der Waals surface area contributed by atoms with Crippen molar-refractivity contribution in [1.82, 2.24) is 4.90 Å². The summed E-state index contributed by atoms with van der Waals surface area (Å²) >= 11 is 0. The lowest BCUT2D eigenvalue weighted by atomic mass is 10.0. The lowest BCUT2D eigenvalue weighted by Gasteiger charge is -2.11. The number of carbonyl (C=O) groups excluding carboxylic acids is 3. The molecule has 128 valence electrons. The summed E-state index contributed by atoms with van der Waals surface area (Å²) in [4.78, 5) is 37.6. The van der Waals surface area contributed by atoms with Crippen LogP contribution >= 0.6 is 0 Å². The number of benzene rings is 1. The monoisotopic (exact) mass is 341 g/mol. The zero-order valence-corrected chi connectivity index (χ0v) is 13.4. The van der Waals surface area contributed by atoms with Crippen LogP contribution in [0.2, 0.25) is 0 Å². The zero-order valence-electron chi connectivity index (χ0n) is 13.4. The van der Waals surface area contributed by atoms with Crippen LogP contribution in [0.5, 0.6) is 0 Å². The van der Waals surface area contributed by atoms with E-state index in [4.69, 9.17) is 4.42 Å². The molecule has 1 fully saturated rings. The number of halogens is 1. The smallest absolute Gasteiger partial charge is 0.291 e. The minimum Gasteiger partial charge on any atom is -0.458 e. The van der Waals surface area contributed by atoms with Gasteiger partial charge >= 0.3 is 0 Å². The van der Waals surface area contributed by atoms with E-state index >= 15 is 0 Å². The first-order valence-electron chi connectivity index (χ1n) is 7.81. The van der Waals surface area contributed by atoms with Gasteiger partial charge in [0, 0.05) is 19.5 Å². The molecule has 0 N–H and O–H groups in total. The van der Waals surface area contributed by atoms with E-state index in [0.717, 1.165) is 5.56 Å². The van der Waals surface area contributed by atoms with Gasteiger partial charge in [-0.15, -0.1) is 6.58 Å². The fourth-order valence-electron chi connectivity index (χ4n) is 2.79. The summed E-state index contributed by atoms with van der Waals surface area (Å²) in [5.41, 5.74) is 0.832. The van der Waals surface area contributed by atoms with Crippen LogP contribution in [0.3, 0.4) is 0 Å². The number of rotatable bonds is 6. The summed E-state index contributed by atoms with van der Waals surface area (Å²) < 4.78 is 18.5.